The van der Waals surface area contributed by atoms with Gasteiger partial charge in [0.25, 0.3) is 0 Å². The third kappa shape index (κ3) is 3.26. The van der Waals surface area contributed by atoms with E-state index in [4.69, 9.17) is 10.5 Å². The van der Waals surface area contributed by atoms with E-state index in [2.05, 4.69) is 4.98 Å². The van der Waals surface area contributed by atoms with Crippen LogP contribution in [0.15, 0.2) is 42.7 Å². The molecule has 1 aromatic heterocycles. The molecule has 2 aromatic rings. The second-order valence-electron chi connectivity index (χ2n) is 4.60. The van der Waals surface area contributed by atoms with E-state index in [1.165, 1.54) is 0 Å². The lowest BCUT2D eigenvalue weighted by atomic mass is 10.1. The number of hydrogen-bond donors (Lipinski definition) is 1. The third-order valence-electron chi connectivity index (χ3n) is 2.86. The van der Waals surface area contributed by atoms with Gasteiger partial charge in [-0.05, 0) is 35.9 Å². The zero-order valence-corrected chi connectivity index (χ0v) is 11.5. The monoisotopic (exact) mass is 271 g/mol. The largest absolute Gasteiger partial charge is 0.457 e. The Balaban J connectivity index is 2.04. The van der Waals surface area contributed by atoms with Crippen LogP contribution in [-0.4, -0.2) is 25.0 Å². The molecule has 0 bridgehead atoms. The summed E-state index contributed by atoms with van der Waals surface area (Å²) < 4.78 is 5.23. The molecule has 0 spiro atoms. The van der Waals surface area contributed by atoms with Crippen LogP contribution in [0.5, 0.6) is 0 Å². The highest BCUT2D eigenvalue weighted by Gasteiger charge is 2.10. The van der Waals surface area contributed by atoms with E-state index in [1.807, 2.05) is 19.0 Å². The van der Waals surface area contributed by atoms with Gasteiger partial charge in [0.15, 0.2) is 0 Å². The van der Waals surface area contributed by atoms with E-state index in [0.29, 0.717) is 11.3 Å². The normalized spacial score (nSPS) is 10.1. The Morgan fingerprint density at radius 3 is 2.55 bits per heavy atom. The average Bonchev–Trinajstić information content (AvgIpc) is 2.45. The molecule has 0 unspecified atom stereocenters. The van der Waals surface area contributed by atoms with Gasteiger partial charge in [-0.1, -0.05) is 0 Å². The maximum atomic E-state index is 11.9. The predicted molar refractivity (Wildman–Crippen MR) is 78.5 cm³/mol. The van der Waals surface area contributed by atoms with Gasteiger partial charge in [0.1, 0.15) is 6.61 Å². The molecule has 0 saturated heterocycles. The number of pyridine rings is 1. The molecule has 5 nitrogen and oxygen atoms in total. The highest BCUT2D eigenvalue weighted by atomic mass is 16.5. The lowest BCUT2D eigenvalue weighted by molar-refractivity contribution is 0.0472. The maximum absolute atomic E-state index is 11.9. The summed E-state index contributed by atoms with van der Waals surface area (Å²) in [5.74, 6) is -0.390. The maximum Gasteiger partial charge on any atom is 0.338 e. The van der Waals surface area contributed by atoms with Crippen molar-refractivity contribution in [2.45, 2.75) is 6.61 Å². The summed E-state index contributed by atoms with van der Waals surface area (Å²) in [7, 11) is 3.79. The fraction of sp³-hybridized carbons (Fsp3) is 0.200. The molecule has 0 saturated carbocycles. The van der Waals surface area contributed by atoms with Crippen molar-refractivity contribution >= 4 is 17.3 Å². The first-order valence-electron chi connectivity index (χ1n) is 6.21. The van der Waals surface area contributed by atoms with Crippen LogP contribution in [0.2, 0.25) is 0 Å². The number of aromatic nitrogens is 1. The zero-order chi connectivity index (χ0) is 14.5. The highest BCUT2D eigenvalue weighted by Crippen LogP contribution is 2.22. The Bertz CT molecular complexity index is 597. The predicted octanol–water partition coefficient (Wildman–Crippen LogP) is 2.09. The molecule has 0 radical (unpaired) electrons. The molecule has 0 atom stereocenters. The van der Waals surface area contributed by atoms with Gasteiger partial charge >= 0.3 is 5.97 Å². The van der Waals surface area contributed by atoms with Crippen LogP contribution in [-0.2, 0) is 11.3 Å². The average molecular weight is 271 g/mol. The standard InChI is InChI=1S/C15H17N3O2/c1-18(2)14-4-3-12(9-13(14)16)15(19)20-10-11-5-7-17-8-6-11/h3-9H,10,16H2,1-2H3. The molecule has 1 heterocycles. The number of ether oxygens (including phenoxy) is 1. The van der Waals surface area contributed by atoms with Gasteiger partial charge in [-0.3, -0.25) is 4.98 Å². The van der Waals surface area contributed by atoms with Gasteiger partial charge in [-0.2, -0.15) is 0 Å². The van der Waals surface area contributed by atoms with Crippen LogP contribution in [0.25, 0.3) is 0 Å². The van der Waals surface area contributed by atoms with E-state index >= 15 is 0 Å². The Morgan fingerprint density at radius 2 is 1.95 bits per heavy atom. The molecular formula is C15H17N3O2. The van der Waals surface area contributed by atoms with Crippen LogP contribution in [0.4, 0.5) is 11.4 Å². The molecule has 0 amide bonds. The second kappa shape index (κ2) is 6.06. The first-order valence-corrected chi connectivity index (χ1v) is 6.21. The fourth-order valence-corrected chi connectivity index (χ4v) is 1.80. The minimum absolute atomic E-state index is 0.219. The molecule has 1 aromatic carbocycles. The number of carbonyl (C=O) groups is 1. The first-order chi connectivity index (χ1) is 9.58. The van der Waals surface area contributed by atoms with E-state index < -0.39 is 0 Å². The van der Waals surface area contributed by atoms with Crippen molar-refractivity contribution in [3.63, 3.8) is 0 Å². The number of rotatable bonds is 4. The SMILES string of the molecule is CN(C)c1ccc(C(=O)OCc2ccncc2)cc1N. The lowest BCUT2D eigenvalue weighted by Crippen LogP contribution is -2.12. The molecule has 0 aliphatic heterocycles. The van der Waals surface area contributed by atoms with Gasteiger partial charge < -0.3 is 15.4 Å². The molecule has 0 aliphatic carbocycles. The summed E-state index contributed by atoms with van der Waals surface area (Å²) >= 11 is 0. The van der Waals surface area contributed by atoms with Gasteiger partial charge in [0, 0.05) is 26.5 Å². The Kier molecular flexibility index (Phi) is 4.20. The highest BCUT2D eigenvalue weighted by molar-refractivity contribution is 5.92. The van der Waals surface area contributed by atoms with Crippen LogP contribution in [0, 0.1) is 0 Å². The number of benzene rings is 1. The molecule has 0 fully saturated rings. The van der Waals surface area contributed by atoms with Crippen LogP contribution >= 0.6 is 0 Å². The van der Waals surface area contributed by atoms with Gasteiger partial charge in [0.2, 0.25) is 0 Å². The molecule has 20 heavy (non-hydrogen) atoms. The van der Waals surface area contributed by atoms with Gasteiger partial charge in [0.05, 0.1) is 16.9 Å². The van der Waals surface area contributed by atoms with E-state index in [9.17, 15) is 4.79 Å². The molecular weight excluding hydrogens is 254 g/mol. The third-order valence-corrected chi connectivity index (χ3v) is 2.86. The molecule has 0 aliphatic rings. The van der Waals surface area contributed by atoms with Crippen LogP contribution < -0.4 is 10.6 Å². The Labute approximate surface area is 118 Å². The molecule has 104 valence electrons. The van der Waals surface area contributed by atoms with Gasteiger partial charge in [-0.25, -0.2) is 4.79 Å². The van der Waals surface area contributed by atoms with Crippen molar-refractivity contribution < 1.29 is 9.53 Å². The number of nitrogens with zero attached hydrogens (tertiary/aromatic N) is 2. The van der Waals surface area contributed by atoms with Crippen molar-refractivity contribution in [3.05, 3.63) is 53.9 Å². The van der Waals surface area contributed by atoms with E-state index in [0.717, 1.165) is 11.3 Å². The van der Waals surface area contributed by atoms with Crippen molar-refractivity contribution in [1.29, 1.82) is 0 Å². The summed E-state index contributed by atoms with van der Waals surface area (Å²) in [5.41, 5.74) is 8.67. The molecule has 2 rings (SSSR count). The smallest absolute Gasteiger partial charge is 0.338 e. The van der Waals surface area contributed by atoms with Crippen molar-refractivity contribution in [2.24, 2.45) is 0 Å². The summed E-state index contributed by atoms with van der Waals surface area (Å²) in [6, 6.07) is 8.75. The quantitative estimate of drug-likeness (QED) is 0.681. The van der Waals surface area contributed by atoms with Crippen LogP contribution in [0.3, 0.4) is 0 Å². The van der Waals surface area contributed by atoms with Crippen molar-refractivity contribution in [1.82, 2.24) is 4.98 Å². The van der Waals surface area contributed by atoms with Crippen molar-refractivity contribution in [3.8, 4) is 0 Å². The fourth-order valence-electron chi connectivity index (χ4n) is 1.80. The summed E-state index contributed by atoms with van der Waals surface area (Å²) in [6.07, 6.45) is 3.32. The number of esters is 1. The van der Waals surface area contributed by atoms with E-state index in [1.54, 1.807) is 42.7 Å². The van der Waals surface area contributed by atoms with Gasteiger partial charge in [-0.15, -0.1) is 0 Å². The summed E-state index contributed by atoms with van der Waals surface area (Å²) in [4.78, 5) is 17.7. The Morgan fingerprint density at radius 1 is 1.25 bits per heavy atom. The number of anilines is 2. The molecule has 2 N–H and O–H groups in total. The minimum Gasteiger partial charge on any atom is -0.457 e. The lowest BCUT2D eigenvalue weighted by Gasteiger charge is -2.15. The Hall–Kier alpha value is -2.56. The topological polar surface area (TPSA) is 68.5 Å². The number of hydrogen-bond acceptors (Lipinski definition) is 5. The number of nitrogen functional groups attached to an aromatic ring is 1. The van der Waals surface area contributed by atoms with E-state index in [-0.39, 0.29) is 12.6 Å². The summed E-state index contributed by atoms with van der Waals surface area (Å²) in [6.45, 7) is 0.219. The number of nitrogens with two attached hydrogens (primary N) is 1. The molecule has 5 heteroatoms. The number of carbonyl (C=O) groups excluding carboxylic acids is 1. The summed E-state index contributed by atoms with van der Waals surface area (Å²) in [5, 5.41) is 0. The minimum atomic E-state index is -0.390. The second-order valence-corrected chi connectivity index (χ2v) is 4.60. The zero-order valence-electron chi connectivity index (χ0n) is 11.5. The first kappa shape index (κ1) is 13.9. The van der Waals surface area contributed by atoms with Crippen molar-refractivity contribution in [2.75, 3.05) is 24.7 Å². The van der Waals surface area contributed by atoms with Crippen LogP contribution in [0.1, 0.15) is 15.9 Å².